The lowest BCUT2D eigenvalue weighted by molar-refractivity contribution is -0.140. The summed E-state index contributed by atoms with van der Waals surface area (Å²) in [5.74, 6) is 0.0658. The highest BCUT2D eigenvalue weighted by Gasteiger charge is 2.46. The number of benzene rings is 2. The summed E-state index contributed by atoms with van der Waals surface area (Å²) in [6.45, 7) is 8.32. The van der Waals surface area contributed by atoms with Crippen molar-refractivity contribution in [3.05, 3.63) is 64.7 Å². The van der Waals surface area contributed by atoms with Crippen LogP contribution < -0.4 is 9.47 Å². The zero-order chi connectivity index (χ0) is 25.2. The van der Waals surface area contributed by atoms with Crippen LogP contribution in [0.15, 0.2) is 48.0 Å². The average Bonchev–Trinajstić information content (AvgIpc) is 3.39. The molecule has 0 spiro atoms. The second kappa shape index (κ2) is 10.3. The van der Waals surface area contributed by atoms with Gasteiger partial charge in [0.1, 0.15) is 23.4 Å². The summed E-state index contributed by atoms with van der Waals surface area (Å²) in [6.07, 6.45) is 0.791. The predicted octanol–water partition coefficient (Wildman–Crippen LogP) is 3.16. The van der Waals surface area contributed by atoms with Crippen LogP contribution in [0.3, 0.4) is 0 Å². The van der Waals surface area contributed by atoms with Crippen LogP contribution in [0, 0.1) is 0 Å². The van der Waals surface area contributed by atoms with Crippen molar-refractivity contribution < 1.29 is 28.9 Å². The van der Waals surface area contributed by atoms with Crippen LogP contribution in [0.1, 0.15) is 36.6 Å². The summed E-state index contributed by atoms with van der Waals surface area (Å²) in [4.78, 5) is 30.4. The van der Waals surface area contributed by atoms with E-state index in [1.165, 1.54) is 0 Å². The van der Waals surface area contributed by atoms with Gasteiger partial charge in [-0.15, -0.1) is 0 Å². The molecule has 0 saturated carbocycles. The topological polar surface area (TPSA) is 88.5 Å². The Morgan fingerprint density at radius 2 is 1.83 bits per heavy atom. The SMILES string of the molecule is CCOc1ccc(C2/C(=C(\O)c3ccc4c(c3)CC(C)O4)C(=O)C(=O)N2CCN2CCOCC2)cc1. The van der Waals surface area contributed by atoms with Gasteiger partial charge >= 0.3 is 0 Å². The van der Waals surface area contributed by atoms with E-state index in [-0.39, 0.29) is 17.4 Å². The smallest absolute Gasteiger partial charge is 0.295 e. The number of carbonyl (C=O) groups is 2. The number of aliphatic hydroxyl groups excluding tert-OH is 1. The van der Waals surface area contributed by atoms with E-state index in [2.05, 4.69) is 4.90 Å². The van der Waals surface area contributed by atoms with Gasteiger partial charge in [-0.25, -0.2) is 0 Å². The van der Waals surface area contributed by atoms with Gasteiger partial charge in [0, 0.05) is 38.2 Å². The second-order valence-electron chi connectivity index (χ2n) is 9.40. The molecule has 0 aliphatic carbocycles. The van der Waals surface area contributed by atoms with Gasteiger partial charge < -0.3 is 24.2 Å². The number of likely N-dealkylation sites (tertiary alicyclic amines) is 1. The lowest BCUT2D eigenvalue weighted by atomic mass is 9.94. The number of hydrogen-bond acceptors (Lipinski definition) is 7. The molecule has 0 aromatic heterocycles. The molecule has 36 heavy (non-hydrogen) atoms. The highest BCUT2D eigenvalue weighted by atomic mass is 16.5. The fourth-order valence-corrected chi connectivity index (χ4v) is 5.17. The van der Waals surface area contributed by atoms with Crippen molar-refractivity contribution in [1.82, 2.24) is 9.80 Å². The van der Waals surface area contributed by atoms with Crippen LogP contribution in [0.5, 0.6) is 11.5 Å². The molecule has 2 aromatic carbocycles. The Labute approximate surface area is 211 Å². The molecule has 2 aromatic rings. The Morgan fingerprint density at radius 3 is 2.56 bits per heavy atom. The van der Waals surface area contributed by atoms with E-state index in [4.69, 9.17) is 14.2 Å². The van der Waals surface area contributed by atoms with Gasteiger partial charge in [0.15, 0.2) is 0 Å². The van der Waals surface area contributed by atoms with Crippen molar-refractivity contribution in [1.29, 1.82) is 0 Å². The molecule has 5 rings (SSSR count). The maximum atomic E-state index is 13.3. The first-order valence-corrected chi connectivity index (χ1v) is 12.6. The molecular formula is C28H32N2O6. The van der Waals surface area contributed by atoms with E-state index in [9.17, 15) is 14.7 Å². The van der Waals surface area contributed by atoms with E-state index in [0.29, 0.717) is 44.2 Å². The van der Waals surface area contributed by atoms with E-state index in [1.54, 1.807) is 11.0 Å². The first-order chi connectivity index (χ1) is 17.5. The molecule has 2 atom stereocenters. The Morgan fingerprint density at radius 1 is 1.08 bits per heavy atom. The molecule has 1 amide bonds. The normalized spacial score (nSPS) is 23.6. The maximum Gasteiger partial charge on any atom is 0.295 e. The Kier molecular flexibility index (Phi) is 6.98. The fourth-order valence-electron chi connectivity index (χ4n) is 5.17. The summed E-state index contributed by atoms with van der Waals surface area (Å²) in [6, 6.07) is 12.1. The van der Waals surface area contributed by atoms with Crippen LogP contribution in [-0.4, -0.2) is 78.7 Å². The zero-order valence-electron chi connectivity index (χ0n) is 20.7. The van der Waals surface area contributed by atoms with Crippen molar-refractivity contribution in [3.63, 3.8) is 0 Å². The number of morpholine rings is 1. The summed E-state index contributed by atoms with van der Waals surface area (Å²) in [7, 11) is 0. The van der Waals surface area contributed by atoms with E-state index < -0.39 is 17.7 Å². The number of fused-ring (bicyclic) bond motifs is 1. The predicted molar refractivity (Wildman–Crippen MR) is 134 cm³/mol. The van der Waals surface area contributed by atoms with Crippen molar-refractivity contribution in [2.75, 3.05) is 46.0 Å². The maximum absolute atomic E-state index is 13.3. The van der Waals surface area contributed by atoms with Gasteiger partial charge in [0.25, 0.3) is 11.7 Å². The van der Waals surface area contributed by atoms with Crippen molar-refractivity contribution in [3.8, 4) is 11.5 Å². The van der Waals surface area contributed by atoms with Crippen molar-refractivity contribution in [2.45, 2.75) is 32.4 Å². The molecule has 8 nitrogen and oxygen atoms in total. The van der Waals surface area contributed by atoms with Crippen molar-refractivity contribution in [2.24, 2.45) is 0 Å². The molecular weight excluding hydrogens is 460 g/mol. The monoisotopic (exact) mass is 492 g/mol. The van der Waals surface area contributed by atoms with Crippen LogP contribution in [0.25, 0.3) is 5.76 Å². The lowest BCUT2D eigenvalue weighted by Crippen LogP contribution is -2.42. The van der Waals surface area contributed by atoms with Gasteiger partial charge in [0.2, 0.25) is 0 Å². The standard InChI is InChI=1S/C28H32N2O6/c1-3-35-22-7-4-19(5-8-22)25-24(26(31)20-6-9-23-21(17-20)16-18(2)36-23)27(32)28(33)30(25)11-10-29-12-14-34-15-13-29/h4-9,17-18,25,31H,3,10-16H2,1-2H3/b26-24+. The average molecular weight is 493 g/mol. The third-order valence-corrected chi connectivity index (χ3v) is 6.98. The number of Topliss-reactive ketones (excluding diaryl/α,β-unsaturated/α-hetero) is 1. The van der Waals surface area contributed by atoms with Gasteiger partial charge in [-0.3, -0.25) is 14.5 Å². The van der Waals surface area contributed by atoms with E-state index in [1.807, 2.05) is 50.2 Å². The molecule has 3 heterocycles. The number of ether oxygens (including phenoxy) is 3. The highest BCUT2D eigenvalue weighted by molar-refractivity contribution is 6.46. The first-order valence-electron chi connectivity index (χ1n) is 12.6. The number of aliphatic hydroxyl groups is 1. The number of amides is 1. The molecule has 190 valence electrons. The summed E-state index contributed by atoms with van der Waals surface area (Å²) in [5.41, 5.74) is 2.34. The second-order valence-corrected chi connectivity index (χ2v) is 9.40. The summed E-state index contributed by atoms with van der Waals surface area (Å²) in [5, 5.41) is 11.4. The number of ketones is 1. The first kappa shape index (κ1) is 24.3. The molecule has 1 N–H and O–H groups in total. The largest absolute Gasteiger partial charge is 0.507 e. The minimum absolute atomic E-state index is 0.0621. The minimum atomic E-state index is -0.690. The molecule has 8 heteroatoms. The Bertz CT molecular complexity index is 1170. The summed E-state index contributed by atoms with van der Waals surface area (Å²) >= 11 is 0. The molecule has 0 bridgehead atoms. The Hall–Kier alpha value is -3.36. The third kappa shape index (κ3) is 4.70. The molecule has 0 radical (unpaired) electrons. The highest BCUT2D eigenvalue weighted by Crippen LogP contribution is 2.41. The number of carbonyl (C=O) groups excluding carboxylic acids is 2. The number of rotatable bonds is 7. The molecule has 3 aliphatic heterocycles. The summed E-state index contributed by atoms with van der Waals surface area (Å²) < 4.78 is 16.8. The van der Waals surface area contributed by atoms with Gasteiger partial charge in [-0.2, -0.15) is 0 Å². The fraction of sp³-hybridized carbons (Fsp3) is 0.429. The number of hydrogen-bond donors (Lipinski definition) is 1. The van der Waals surface area contributed by atoms with E-state index in [0.717, 1.165) is 36.4 Å². The van der Waals surface area contributed by atoms with Crippen LogP contribution in [0.4, 0.5) is 0 Å². The minimum Gasteiger partial charge on any atom is -0.507 e. The lowest BCUT2D eigenvalue weighted by Gasteiger charge is -2.31. The third-order valence-electron chi connectivity index (χ3n) is 6.98. The van der Waals surface area contributed by atoms with Crippen molar-refractivity contribution >= 4 is 17.4 Å². The Balaban J connectivity index is 1.52. The van der Waals surface area contributed by atoms with Gasteiger partial charge in [-0.1, -0.05) is 12.1 Å². The molecule has 2 unspecified atom stereocenters. The van der Waals surface area contributed by atoms with Crippen LogP contribution in [-0.2, 0) is 20.7 Å². The molecule has 2 saturated heterocycles. The van der Waals surface area contributed by atoms with Gasteiger partial charge in [-0.05, 0) is 55.3 Å². The zero-order valence-corrected chi connectivity index (χ0v) is 20.7. The van der Waals surface area contributed by atoms with Crippen LogP contribution >= 0.6 is 0 Å². The quantitative estimate of drug-likeness (QED) is 0.361. The molecule has 2 fully saturated rings. The number of nitrogens with zero attached hydrogens (tertiary/aromatic N) is 2. The van der Waals surface area contributed by atoms with E-state index >= 15 is 0 Å². The molecule has 3 aliphatic rings. The van der Waals surface area contributed by atoms with Crippen LogP contribution in [0.2, 0.25) is 0 Å². The van der Waals surface area contributed by atoms with Gasteiger partial charge in [0.05, 0.1) is 31.4 Å².